The highest BCUT2D eigenvalue weighted by atomic mass is 33.1. The lowest BCUT2D eigenvalue weighted by molar-refractivity contribution is -0.396. The zero-order valence-electron chi connectivity index (χ0n) is 82.1. The van der Waals surface area contributed by atoms with Crippen LogP contribution >= 0.6 is 29.2 Å². The van der Waals surface area contributed by atoms with Gasteiger partial charge in [0.15, 0.2) is 27.5 Å². The van der Waals surface area contributed by atoms with Crippen LogP contribution in [0.4, 0.5) is 22.7 Å². The molecule has 0 aromatic heterocycles. The molecule has 780 valence electrons. The van der Waals surface area contributed by atoms with Crippen molar-refractivity contribution in [1.82, 2.24) is 0 Å². The lowest BCUT2D eigenvalue weighted by Crippen LogP contribution is -2.58. The molecule has 0 amide bonds. The molecule has 0 saturated carbocycles. The van der Waals surface area contributed by atoms with Crippen LogP contribution in [0.1, 0.15) is 148 Å². The topological polar surface area (TPSA) is 695 Å². The van der Waals surface area contributed by atoms with Crippen LogP contribution in [-0.4, -0.2) is 277 Å². The van der Waals surface area contributed by atoms with Crippen molar-refractivity contribution in [3.8, 4) is 5.75 Å². The van der Waals surface area contributed by atoms with E-state index in [0.29, 0.717) is 57.8 Å². The Hall–Kier alpha value is -9.25. The van der Waals surface area contributed by atoms with E-state index in [1.54, 1.807) is 65.0 Å². The van der Waals surface area contributed by atoms with Crippen LogP contribution in [0.25, 0.3) is 10.4 Å². The maximum absolute atomic E-state index is 11.7. The molecule has 5 aromatic carbocycles. The first-order chi connectivity index (χ1) is 64.2. The Morgan fingerprint density at radius 3 is 1.43 bits per heavy atom. The summed E-state index contributed by atoms with van der Waals surface area (Å²) >= 11 is 0. The first-order valence-electron chi connectivity index (χ1n) is 43.4. The van der Waals surface area contributed by atoms with Crippen LogP contribution in [0, 0.1) is 43.2 Å². The number of nitro benzene ring substituents is 3. The second-order valence-corrected chi connectivity index (χ2v) is 45.9. The molecule has 5 aromatic rings. The third-order valence-electron chi connectivity index (χ3n) is 20.7. The predicted octanol–water partition coefficient (Wildman–Crippen LogP) is 8.73. The summed E-state index contributed by atoms with van der Waals surface area (Å²) < 4.78 is 72.4. The molecule has 4 saturated heterocycles. The van der Waals surface area contributed by atoms with Gasteiger partial charge in [-0.15, -0.1) is 0 Å². The summed E-state index contributed by atoms with van der Waals surface area (Å²) in [7, 11) is -6.13. The number of aliphatic hydroxyl groups is 11. The number of carboxylic acids is 1. The van der Waals surface area contributed by atoms with Crippen molar-refractivity contribution in [2.24, 2.45) is 11.0 Å². The molecule has 12 N–H and O–H groups in total. The van der Waals surface area contributed by atoms with Gasteiger partial charge in [-0.05, 0) is 148 Å². The minimum absolute atomic E-state index is 0. The number of carbonyl (C=O) groups excluding carboxylic acids is 5. The normalized spacial score (nSPS) is 22.6. The molecule has 4 aliphatic heterocycles. The van der Waals surface area contributed by atoms with Gasteiger partial charge in [0.25, 0.3) is 17.8 Å². The minimum atomic E-state index is -4.14. The summed E-state index contributed by atoms with van der Waals surface area (Å²) in [4.78, 5) is 115. The highest BCUT2D eigenvalue weighted by molar-refractivity contribution is 8.76. The molecule has 5 aliphatic rings. The summed E-state index contributed by atoms with van der Waals surface area (Å²) in [6.07, 6.45) is -12.9. The van der Waals surface area contributed by atoms with E-state index in [9.17, 15) is 113 Å². The number of benzene rings is 5. The molecule has 1 aliphatic carbocycles. The smallest absolute Gasteiger partial charge is 0.494 e. The molecule has 15 atom stereocenters. The predicted molar refractivity (Wildman–Crippen MR) is 519 cm³/mol. The number of ketones is 2. The Morgan fingerprint density at radius 1 is 0.626 bits per heavy atom. The van der Waals surface area contributed by atoms with E-state index in [0.717, 1.165) is 48.2 Å². The van der Waals surface area contributed by atoms with Crippen molar-refractivity contribution in [2.45, 2.75) is 289 Å². The number of nitro groups is 3. The SMILES string of the molecule is CC(=O)OCCSSc1ccc([N+](=O)[O-])c(OC=O)c1.CC(=O)OCc1ccc(N=[N+]=[N-])cc1.CC(C)C[Si](C)(C)C.CCC1=C(C)C(=O)C(C)=C(C)C1=O.CCc1ccc(B2OC(C)(C)C(C)(C)O2)cc1.CCc1ccc(C)cc1.CP(=O)([O-])[O-].CS(=O)(=O)c1ccc([N+](=O)[O-])cc1[N+](=O)[O-].C[C@@H]1OC(C(=O)O)[C@@H](O)[C@H](O)C1O.C[C@@H]1OC(CO)[C@@H](O)[C@H](O)C1O.C[C@@H]1OC(CO)[C@H](O)[C@H](O)C1O.[HH]. The molecule has 0 radical (unpaired) electrons. The fourth-order valence-corrected chi connectivity index (χ4v) is 17.6. The van der Waals surface area contributed by atoms with Gasteiger partial charge in [0, 0.05) is 91.3 Å². The number of Topliss-reactive ketones (excluding diaryl/α,β-unsaturated/α-hetero) is 2. The largest absolute Gasteiger partial charge is 0.811 e. The molecule has 0 spiro atoms. The number of rotatable bonds is 23. The zero-order chi connectivity index (χ0) is 107. The number of hydrogen-bond donors (Lipinski definition) is 12. The summed E-state index contributed by atoms with van der Waals surface area (Å²) in [5.41, 5.74) is 15.1. The lowest BCUT2D eigenvalue weighted by atomic mass is 9.79. The second-order valence-electron chi connectivity index (χ2n) is 34.4. The summed E-state index contributed by atoms with van der Waals surface area (Å²) in [6.45, 7) is 41.5. The van der Waals surface area contributed by atoms with Crippen LogP contribution in [0.5, 0.6) is 5.75 Å². The third kappa shape index (κ3) is 47.0. The molecule has 0 bridgehead atoms. The molecule has 4 heterocycles. The highest BCUT2D eigenvalue weighted by Crippen LogP contribution is 2.39. The number of aliphatic carboxylic acids is 1. The Bertz CT molecular complexity index is 4990. The number of hydrogen-bond acceptors (Lipinski definition) is 39. The van der Waals surface area contributed by atoms with E-state index < -0.39 is 154 Å². The molecule has 10 rings (SSSR count). The molecule has 139 heavy (non-hydrogen) atoms. The van der Waals surface area contributed by atoms with E-state index in [4.69, 9.17) is 68.2 Å². The Kier molecular flexibility index (Phi) is 58.1. The Balaban J connectivity index is 0. The van der Waals surface area contributed by atoms with Crippen LogP contribution in [-0.2, 0) is 95.6 Å². The van der Waals surface area contributed by atoms with Gasteiger partial charge in [-0.25, -0.2) is 13.2 Å². The number of aliphatic hydroxyl groups excluding tert-OH is 11. The van der Waals surface area contributed by atoms with Gasteiger partial charge < -0.3 is 113 Å². The van der Waals surface area contributed by atoms with Gasteiger partial charge in [-0.3, -0.25) is 54.3 Å². The van der Waals surface area contributed by atoms with Crippen molar-refractivity contribution in [2.75, 3.05) is 38.5 Å². The summed E-state index contributed by atoms with van der Waals surface area (Å²) in [5.74, 6) is -0.573. The number of non-ortho nitro benzene ring substituents is 1. The zero-order valence-corrected chi connectivity index (χ0v) is 86.4. The highest BCUT2D eigenvalue weighted by Gasteiger charge is 2.52. The standard InChI is InChI=1S/C14H21BO2.C11H11NO6S2.C11H14O2.C9H9N3O2.C9H12.C7H6N2O6S.C7H12O6.2C7H14O5.C7H18Si.CH5O3P.H2/c1-6-11-7-9-12(10-8-11)15-16-13(2,3)14(4,5)17-15;1-8(14)17-4-5-19-20-9-2-3-10(12(15)16)11(6-9)18-7-13;1-5-9-8(4)10(12)6(2)7(3)11(9)13;1-7(13)14-6-8-2-4-9(5-3-8)11-12-10;1-3-9-6-4-8(2)5-7-9;1-16(14,15)7-3-2-5(8(10)11)4-6(7)9(12)13;1-2-3(8)4(9)5(10)6(13-2)7(11)12;2*1-3-5(9)7(11)6(10)4(2-8)12-3;1-7(2)6-8(3,4)5;1-5(2,3)4;/h7-10H,6H2,1-5H3;2-3,6-7H,4-5H2,1H3;5H2,1-4H3;2-5H,6H2,1H3;4-7H,3H2,1-2H3;2-4H,1H3;2-6,8-10H,1H3,(H,11,12);2*3-11H,2H2,1H3;7H,6H2,1-5H3;1H3,(H2,2,3,4);1H/p-2/t;;;;;;2-,3?,4+,5-,6?;3-,4?,5?,6+,7+;3-,4?,5?,6-,7+;;;/m......000.../s1. The molecular formula is C90H136BN6O37PS3Si-2. The van der Waals surface area contributed by atoms with Crippen LogP contribution in [0.3, 0.4) is 0 Å². The lowest BCUT2D eigenvalue weighted by Gasteiger charge is -2.38. The first-order valence-corrected chi connectivity index (χ1v) is 53.3. The van der Waals surface area contributed by atoms with Crippen molar-refractivity contribution in [3.63, 3.8) is 0 Å². The number of carbonyl (C=O) groups is 6. The average molecular weight is 2060 g/mol. The molecule has 43 nitrogen and oxygen atoms in total. The summed E-state index contributed by atoms with van der Waals surface area (Å²) in [6, 6.07) is 32.0. The molecule has 4 fully saturated rings. The van der Waals surface area contributed by atoms with E-state index in [1.165, 1.54) is 77.2 Å². The van der Waals surface area contributed by atoms with Gasteiger partial charge in [0.05, 0.1) is 63.6 Å². The van der Waals surface area contributed by atoms with Gasteiger partial charge in [0.1, 0.15) is 85.3 Å². The fraction of sp³-hybridized carbons (Fsp3) is 0.556. The van der Waals surface area contributed by atoms with Gasteiger partial charge in [-0.1, -0.05) is 173 Å². The van der Waals surface area contributed by atoms with Gasteiger partial charge in [-0.2, -0.15) is 0 Å². The molecule has 6 unspecified atom stereocenters. The van der Waals surface area contributed by atoms with E-state index in [-0.39, 0.29) is 87.6 Å². The minimum Gasteiger partial charge on any atom is -0.811 e. The first kappa shape index (κ1) is 130. The molecule has 49 heteroatoms. The number of esters is 2. The van der Waals surface area contributed by atoms with Crippen molar-refractivity contribution < 1.29 is 167 Å². The van der Waals surface area contributed by atoms with Crippen LogP contribution in [0.2, 0.25) is 25.7 Å². The van der Waals surface area contributed by atoms with Crippen molar-refractivity contribution in [1.29, 1.82) is 0 Å². The van der Waals surface area contributed by atoms with E-state index >= 15 is 0 Å². The fourth-order valence-electron chi connectivity index (χ4n) is 12.5. The maximum Gasteiger partial charge on any atom is 0.494 e. The maximum atomic E-state index is 11.7. The van der Waals surface area contributed by atoms with Crippen LogP contribution in [0.15, 0.2) is 146 Å². The monoisotopic (exact) mass is 2060 g/mol. The summed E-state index contributed by atoms with van der Waals surface area (Å²) in [5, 5.41) is 144. The van der Waals surface area contributed by atoms with Crippen LogP contribution < -0.4 is 20.0 Å². The number of aryl methyl sites for hydroxylation is 3. The number of azide groups is 1. The van der Waals surface area contributed by atoms with E-state index in [2.05, 4.69) is 145 Å². The quantitative estimate of drug-likeness (QED) is 0.00236. The Labute approximate surface area is 819 Å². The van der Waals surface area contributed by atoms with Gasteiger partial charge in [0.2, 0.25) is 5.75 Å². The van der Waals surface area contributed by atoms with Gasteiger partial charge >= 0.3 is 30.7 Å². The molecular weight excluding hydrogens is 1920 g/mol. The average Bonchev–Trinajstić information content (AvgIpc) is 1.63. The third-order valence-corrected chi connectivity index (χ3v) is 26.2. The number of sulfone groups is 1. The van der Waals surface area contributed by atoms with Crippen molar-refractivity contribution in [3.05, 3.63) is 195 Å². The number of nitrogens with zero attached hydrogens (tertiary/aromatic N) is 6. The second kappa shape index (κ2) is 62.2. The van der Waals surface area contributed by atoms with Crippen molar-refractivity contribution >= 4 is 118 Å². The van der Waals surface area contributed by atoms with E-state index in [1.807, 2.05) is 6.92 Å². The number of carboxylic acid groups (broad SMARTS) is 1. The number of allylic oxidation sites excluding steroid dienone is 4. The Morgan fingerprint density at radius 2 is 1.06 bits per heavy atom. The number of ether oxygens (including phenoxy) is 6.